The van der Waals surface area contributed by atoms with Gasteiger partial charge >= 0.3 is 5.91 Å². The SMILES string of the molecule is CCc1ccc([C@@H]2C(=C(O)c3ccc4c(c3)C[C@@H](C)O4)C(=O)C(=O)N2c2nc3ccc(OC)cc3s2)cc1. The first kappa shape index (κ1) is 24.2. The van der Waals surface area contributed by atoms with Crippen LogP contribution in [0.5, 0.6) is 11.5 Å². The zero-order valence-corrected chi connectivity index (χ0v) is 22.0. The van der Waals surface area contributed by atoms with Crippen LogP contribution in [0.3, 0.4) is 0 Å². The number of ether oxygens (including phenoxy) is 2. The van der Waals surface area contributed by atoms with Gasteiger partial charge in [0.25, 0.3) is 5.78 Å². The molecular formula is C30H26N2O5S. The Morgan fingerprint density at radius 1 is 1.13 bits per heavy atom. The molecule has 0 unspecified atom stereocenters. The van der Waals surface area contributed by atoms with Crippen LogP contribution in [0.1, 0.15) is 42.1 Å². The fourth-order valence-corrected chi connectivity index (χ4v) is 6.15. The van der Waals surface area contributed by atoms with E-state index in [0.29, 0.717) is 28.4 Å². The summed E-state index contributed by atoms with van der Waals surface area (Å²) in [5.41, 5.74) is 4.02. The number of benzene rings is 3. The Balaban J connectivity index is 1.52. The number of nitrogens with zero attached hydrogens (tertiary/aromatic N) is 2. The normalized spacial score (nSPS) is 20.1. The predicted molar refractivity (Wildman–Crippen MR) is 147 cm³/mol. The minimum absolute atomic E-state index is 0.0442. The number of anilines is 1. The van der Waals surface area contributed by atoms with Gasteiger partial charge in [0.15, 0.2) is 5.13 Å². The molecule has 3 aromatic carbocycles. The number of amides is 1. The maximum Gasteiger partial charge on any atom is 0.301 e. The number of hydrogen-bond donors (Lipinski definition) is 1. The third kappa shape index (κ3) is 3.92. The summed E-state index contributed by atoms with van der Waals surface area (Å²) in [6, 6.07) is 17.8. The minimum atomic E-state index is -0.827. The fourth-order valence-electron chi connectivity index (χ4n) is 5.13. The Kier molecular flexibility index (Phi) is 5.91. The van der Waals surface area contributed by atoms with E-state index in [4.69, 9.17) is 9.47 Å². The van der Waals surface area contributed by atoms with Gasteiger partial charge < -0.3 is 14.6 Å². The number of thiazole rings is 1. The zero-order chi connectivity index (χ0) is 26.6. The van der Waals surface area contributed by atoms with Crippen LogP contribution < -0.4 is 14.4 Å². The molecule has 1 saturated heterocycles. The van der Waals surface area contributed by atoms with E-state index >= 15 is 0 Å². The van der Waals surface area contributed by atoms with Crippen molar-refractivity contribution >= 4 is 44.1 Å². The maximum absolute atomic E-state index is 13.5. The summed E-state index contributed by atoms with van der Waals surface area (Å²) >= 11 is 1.30. The van der Waals surface area contributed by atoms with Crippen LogP contribution in [-0.4, -0.2) is 35.0 Å². The Hall–Kier alpha value is -4.17. The van der Waals surface area contributed by atoms with Gasteiger partial charge in [-0.2, -0.15) is 0 Å². The van der Waals surface area contributed by atoms with Crippen molar-refractivity contribution in [2.75, 3.05) is 12.0 Å². The molecule has 6 rings (SSSR count). The first-order valence-corrected chi connectivity index (χ1v) is 13.3. The second kappa shape index (κ2) is 9.29. The van der Waals surface area contributed by atoms with Crippen molar-refractivity contribution in [2.24, 2.45) is 0 Å². The third-order valence-corrected chi connectivity index (χ3v) is 8.13. The highest BCUT2D eigenvalue weighted by Crippen LogP contribution is 2.45. The van der Waals surface area contributed by atoms with Crippen molar-refractivity contribution in [3.05, 3.63) is 88.5 Å². The Labute approximate surface area is 224 Å². The fraction of sp³-hybridized carbons (Fsp3) is 0.233. The average molecular weight is 527 g/mol. The summed E-state index contributed by atoms with van der Waals surface area (Å²) in [5, 5.41) is 11.9. The van der Waals surface area contributed by atoms with Crippen LogP contribution in [0.25, 0.3) is 16.0 Å². The number of aryl methyl sites for hydroxylation is 1. The first-order chi connectivity index (χ1) is 18.4. The number of hydrogen-bond acceptors (Lipinski definition) is 7. The van der Waals surface area contributed by atoms with Gasteiger partial charge in [-0.3, -0.25) is 14.5 Å². The summed E-state index contributed by atoms with van der Waals surface area (Å²) in [4.78, 5) is 33.2. The monoisotopic (exact) mass is 526 g/mol. The molecule has 2 aliphatic rings. The Bertz CT molecular complexity index is 1620. The second-order valence-corrected chi connectivity index (χ2v) is 10.6. The molecule has 0 aliphatic carbocycles. The number of rotatable bonds is 5. The van der Waals surface area contributed by atoms with E-state index in [1.165, 1.54) is 16.2 Å². The van der Waals surface area contributed by atoms with Gasteiger partial charge in [-0.05, 0) is 66.4 Å². The molecule has 8 heteroatoms. The van der Waals surface area contributed by atoms with Crippen molar-refractivity contribution in [3.63, 3.8) is 0 Å². The van der Waals surface area contributed by atoms with Crippen molar-refractivity contribution in [1.29, 1.82) is 0 Å². The molecular weight excluding hydrogens is 500 g/mol. The van der Waals surface area contributed by atoms with E-state index in [-0.39, 0.29) is 17.4 Å². The molecule has 4 aromatic rings. The van der Waals surface area contributed by atoms with Gasteiger partial charge in [0.05, 0.1) is 28.9 Å². The highest BCUT2D eigenvalue weighted by Gasteiger charge is 2.48. The molecule has 7 nitrogen and oxygen atoms in total. The highest BCUT2D eigenvalue weighted by molar-refractivity contribution is 7.22. The smallest absolute Gasteiger partial charge is 0.301 e. The van der Waals surface area contributed by atoms with Crippen molar-refractivity contribution in [2.45, 2.75) is 38.8 Å². The lowest BCUT2D eigenvalue weighted by atomic mass is 9.94. The van der Waals surface area contributed by atoms with Crippen LogP contribution >= 0.6 is 11.3 Å². The largest absolute Gasteiger partial charge is 0.507 e. The zero-order valence-electron chi connectivity index (χ0n) is 21.2. The molecule has 1 aromatic heterocycles. The van der Waals surface area contributed by atoms with E-state index in [0.717, 1.165) is 33.6 Å². The van der Waals surface area contributed by atoms with Crippen molar-refractivity contribution in [1.82, 2.24) is 4.98 Å². The molecule has 2 atom stereocenters. The van der Waals surface area contributed by atoms with Gasteiger partial charge in [0, 0.05) is 12.0 Å². The van der Waals surface area contributed by atoms with E-state index in [9.17, 15) is 14.7 Å². The van der Waals surface area contributed by atoms with Gasteiger partial charge in [-0.15, -0.1) is 0 Å². The highest BCUT2D eigenvalue weighted by atomic mass is 32.1. The quantitative estimate of drug-likeness (QED) is 0.200. The number of aliphatic hydroxyl groups excluding tert-OH is 1. The molecule has 1 N–H and O–H groups in total. The lowest BCUT2D eigenvalue weighted by Gasteiger charge is -2.23. The molecule has 0 radical (unpaired) electrons. The molecule has 3 heterocycles. The lowest BCUT2D eigenvalue weighted by molar-refractivity contribution is -0.132. The van der Waals surface area contributed by atoms with Gasteiger partial charge in [-0.25, -0.2) is 4.98 Å². The number of carbonyl (C=O) groups is 2. The van der Waals surface area contributed by atoms with Crippen LogP contribution in [0.2, 0.25) is 0 Å². The van der Waals surface area contributed by atoms with E-state index in [1.807, 2.05) is 49.4 Å². The van der Waals surface area contributed by atoms with Crippen molar-refractivity contribution in [3.8, 4) is 11.5 Å². The average Bonchev–Trinajstić information content (AvgIpc) is 3.60. The molecule has 0 saturated carbocycles. The summed E-state index contributed by atoms with van der Waals surface area (Å²) in [6.45, 7) is 4.05. The standard InChI is InChI=1S/C30H26N2O5S/c1-4-17-5-7-18(8-6-17)26-25(27(33)19-9-12-23-20(14-19)13-16(2)37-23)28(34)29(35)32(26)30-31-22-11-10-21(36-3)15-24(22)38-30/h5-12,14-16,26,33H,4,13H2,1-3H3/t16-,26-/m1/s1. The van der Waals surface area contributed by atoms with Crippen molar-refractivity contribution < 1.29 is 24.2 Å². The number of aromatic nitrogens is 1. The number of carbonyl (C=O) groups excluding carboxylic acids is 2. The molecule has 2 aliphatic heterocycles. The van der Waals surface area contributed by atoms with E-state index < -0.39 is 17.7 Å². The minimum Gasteiger partial charge on any atom is -0.507 e. The van der Waals surface area contributed by atoms with E-state index in [1.54, 1.807) is 25.3 Å². The predicted octanol–water partition coefficient (Wildman–Crippen LogP) is 5.82. The summed E-state index contributed by atoms with van der Waals surface area (Å²) in [6.07, 6.45) is 1.61. The topological polar surface area (TPSA) is 89.0 Å². The molecule has 1 fully saturated rings. The third-order valence-electron chi connectivity index (χ3n) is 7.11. The number of ketones is 1. The molecule has 1 amide bonds. The van der Waals surface area contributed by atoms with Gasteiger partial charge in [0.1, 0.15) is 23.4 Å². The lowest BCUT2D eigenvalue weighted by Crippen LogP contribution is -2.29. The van der Waals surface area contributed by atoms with Crippen LogP contribution in [0, 0.1) is 0 Å². The summed E-state index contributed by atoms with van der Waals surface area (Å²) < 4.78 is 12.0. The van der Waals surface area contributed by atoms with Gasteiger partial charge in [-0.1, -0.05) is 42.5 Å². The molecule has 38 heavy (non-hydrogen) atoms. The second-order valence-electron chi connectivity index (χ2n) is 9.55. The number of methoxy groups -OCH3 is 1. The molecule has 0 spiro atoms. The van der Waals surface area contributed by atoms with Gasteiger partial charge in [0.2, 0.25) is 0 Å². The molecule has 192 valence electrons. The van der Waals surface area contributed by atoms with Crippen LogP contribution in [0.15, 0.2) is 66.2 Å². The number of aliphatic hydroxyl groups is 1. The summed E-state index contributed by atoms with van der Waals surface area (Å²) in [5.74, 6) is -0.225. The number of fused-ring (bicyclic) bond motifs is 2. The number of Topliss-reactive ketones (excluding diaryl/α,β-unsaturated/α-hetero) is 1. The first-order valence-electron chi connectivity index (χ1n) is 12.5. The Morgan fingerprint density at radius 3 is 2.66 bits per heavy atom. The summed E-state index contributed by atoms with van der Waals surface area (Å²) in [7, 11) is 1.59. The van der Waals surface area contributed by atoms with Crippen LogP contribution in [0.4, 0.5) is 5.13 Å². The molecule has 0 bridgehead atoms. The van der Waals surface area contributed by atoms with Crippen LogP contribution in [-0.2, 0) is 22.4 Å². The Morgan fingerprint density at radius 2 is 1.92 bits per heavy atom. The maximum atomic E-state index is 13.5. The van der Waals surface area contributed by atoms with E-state index in [2.05, 4.69) is 11.9 Å².